The smallest absolute Gasteiger partial charge is 0.213 e. The Morgan fingerprint density at radius 1 is 1.20 bits per heavy atom. The van der Waals surface area contributed by atoms with Crippen LogP contribution < -0.4 is 5.73 Å². The number of rotatable bonds is 2. The molecule has 0 saturated heterocycles. The third-order valence-electron chi connectivity index (χ3n) is 3.68. The number of halogens is 1. The van der Waals surface area contributed by atoms with Crippen molar-refractivity contribution in [3.63, 3.8) is 0 Å². The molecule has 1 aliphatic heterocycles. The van der Waals surface area contributed by atoms with Crippen molar-refractivity contribution in [2.24, 2.45) is 0 Å². The first-order valence-corrected chi connectivity index (χ1v) is 6.82. The number of aryl methyl sites for hydroxylation is 1. The third-order valence-corrected chi connectivity index (χ3v) is 3.68. The van der Waals surface area contributed by atoms with E-state index >= 15 is 0 Å². The SMILES string of the molecule is Nc1nc2n(c1C(=O)c1ccc(F)cc1)CCCCC2. The minimum absolute atomic E-state index is 0.192. The van der Waals surface area contributed by atoms with Crippen LogP contribution in [0.4, 0.5) is 10.2 Å². The molecule has 2 N–H and O–H groups in total. The fourth-order valence-corrected chi connectivity index (χ4v) is 2.66. The Labute approximate surface area is 116 Å². The summed E-state index contributed by atoms with van der Waals surface area (Å²) in [4.78, 5) is 16.9. The number of nitrogen functional groups attached to an aromatic ring is 1. The summed E-state index contributed by atoms with van der Waals surface area (Å²) in [6.07, 6.45) is 4.07. The summed E-state index contributed by atoms with van der Waals surface area (Å²) in [5.74, 6) is 0.603. The van der Waals surface area contributed by atoms with E-state index in [0.717, 1.165) is 38.1 Å². The molecule has 2 aromatic rings. The summed E-state index contributed by atoms with van der Waals surface area (Å²) in [6, 6.07) is 5.52. The number of carbonyl (C=O) groups is 1. The summed E-state index contributed by atoms with van der Waals surface area (Å²) in [7, 11) is 0. The Bertz CT molecular complexity index is 646. The van der Waals surface area contributed by atoms with Gasteiger partial charge in [-0.15, -0.1) is 0 Å². The maximum Gasteiger partial charge on any atom is 0.213 e. The van der Waals surface area contributed by atoms with Gasteiger partial charge in [0.15, 0.2) is 5.82 Å². The number of imidazole rings is 1. The Morgan fingerprint density at radius 2 is 1.95 bits per heavy atom. The zero-order valence-corrected chi connectivity index (χ0v) is 11.1. The number of anilines is 1. The molecule has 5 heteroatoms. The van der Waals surface area contributed by atoms with Crippen LogP contribution in [0.15, 0.2) is 24.3 Å². The van der Waals surface area contributed by atoms with Gasteiger partial charge in [-0.1, -0.05) is 6.42 Å². The minimum Gasteiger partial charge on any atom is -0.382 e. The minimum atomic E-state index is -0.360. The van der Waals surface area contributed by atoms with Gasteiger partial charge in [-0.2, -0.15) is 0 Å². The lowest BCUT2D eigenvalue weighted by molar-refractivity contribution is 0.103. The van der Waals surface area contributed by atoms with Crippen molar-refractivity contribution in [2.75, 3.05) is 5.73 Å². The Kier molecular flexibility index (Phi) is 3.26. The molecule has 3 rings (SSSR count). The standard InChI is InChI=1S/C15H16FN3O/c16-11-7-5-10(6-8-11)14(20)13-15(17)18-12-4-2-1-3-9-19(12)13/h5-8H,1-4,9,17H2. The first-order chi connectivity index (χ1) is 9.66. The molecule has 4 nitrogen and oxygen atoms in total. The summed E-state index contributed by atoms with van der Waals surface area (Å²) < 4.78 is 14.9. The summed E-state index contributed by atoms with van der Waals surface area (Å²) in [5.41, 5.74) is 6.79. The van der Waals surface area contributed by atoms with Crippen LogP contribution in [0.5, 0.6) is 0 Å². The maximum absolute atomic E-state index is 12.9. The van der Waals surface area contributed by atoms with E-state index in [2.05, 4.69) is 4.98 Å². The molecule has 0 amide bonds. The molecule has 0 radical (unpaired) electrons. The van der Waals surface area contributed by atoms with Gasteiger partial charge >= 0.3 is 0 Å². The fraction of sp³-hybridized carbons (Fsp3) is 0.333. The molecular formula is C15H16FN3O. The Hall–Kier alpha value is -2.17. The second kappa shape index (κ2) is 5.07. The Morgan fingerprint density at radius 3 is 2.70 bits per heavy atom. The average molecular weight is 273 g/mol. The number of ketones is 1. The van der Waals surface area contributed by atoms with Crippen molar-refractivity contribution in [3.05, 3.63) is 47.2 Å². The number of hydrogen-bond donors (Lipinski definition) is 1. The summed E-state index contributed by atoms with van der Waals surface area (Å²) in [5, 5.41) is 0. The van der Waals surface area contributed by atoms with Crippen LogP contribution in [0.3, 0.4) is 0 Å². The van der Waals surface area contributed by atoms with Crippen LogP contribution in [0, 0.1) is 5.82 Å². The molecular weight excluding hydrogens is 257 g/mol. The van der Waals surface area contributed by atoms with Crippen molar-refractivity contribution in [1.29, 1.82) is 0 Å². The summed E-state index contributed by atoms with van der Waals surface area (Å²) in [6.45, 7) is 0.766. The van der Waals surface area contributed by atoms with Gasteiger partial charge < -0.3 is 10.3 Å². The van der Waals surface area contributed by atoms with Crippen LogP contribution in [-0.2, 0) is 13.0 Å². The van der Waals surface area contributed by atoms with E-state index in [1.54, 1.807) is 0 Å². The zero-order chi connectivity index (χ0) is 14.1. The molecule has 0 spiro atoms. The van der Waals surface area contributed by atoms with Gasteiger partial charge in [-0.25, -0.2) is 9.37 Å². The van der Waals surface area contributed by atoms with E-state index in [9.17, 15) is 9.18 Å². The zero-order valence-electron chi connectivity index (χ0n) is 11.1. The van der Waals surface area contributed by atoms with E-state index in [1.165, 1.54) is 24.3 Å². The van der Waals surface area contributed by atoms with Gasteiger partial charge in [0.1, 0.15) is 17.3 Å². The van der Waals surface area contributed by atoms with Gasteiger partial charge in [-0.3, -0.25) is 4.79 Å². The van der Waals surface area contributed by atoms with Crippen molar-refractivity contribution in [3.8, 4) is 0 Å². The van der Waals surface area contributed by atoms with E-state index < -0.39 is 0 Å². The van der Waals surface area contributed by atoms with Crippen molar-refractivity contribution in [2.45, 2.75) is 32.2 Å². The lowest BCUT2D eigenvalue weighted by Crippen LogP contribution is -2.13. The number of nitrogens with two attached hydrogens (primary N) is 1. The quantitative estimate of drug-likeness (QED) is 0.855. The van der Waals surface area contributed by atoms with Gasteiger partial charge in [0.25, 0.3) is 0 Å². The molecule has 1 aromatic carbocycles. The van der Waals surface area contributed by atoms with Crippen molar-refractivity contribution < 1.29 is 9.18 Å². The van der Waals surface area contributed by atoms with Gasteiger partial charge in [0.05, 0.1) is 0 Å². The molecule has 0 fully saturated rings. The average Bonchev–Trinajstić information content (AvgIpc) is 2.60. The van der Waals surface area contributed by atoms with E-state index in [-0.39, 0.29) is 17.4 Å². The molecule has 1 aliphatic rings. The van der Waals surface area contributed by atoms with Crippen LogP contribution in [0.2, 0.25) is 0 Å². The largest absolute Gasteiger partial charge is 0.382 e. The maximum atomic E-state index is 12.9. The highest BCUT2D eigenvalue weighted by molar-refractivity contribution is 6.10. The topological polar surface area (TPSA) is 60.9 Å². The first kappa shape index (κ1) is 12.8. The Balaban J connectivity index is 2.03. The number of benzene rings is 1. The van der Waals surface area contributed by atoms with Gasteiger partial charge in [-0.05, 0) is 37.1 Å². The van der Waals surface area contributed by atoms with E-state index in [0.29, 0.717) is 11.3 Å². The molecule has 0 saturated carbocycles. The van der Waals surface area contributed by atoms with Crippen LogP contribution >= 0.6 is 0 Å². The van der Waals surface area contributed by atoms with E-state index in [4.69, 9.17) is 5.73 Å². The molecule has 0 unspecified atom stereocenters. The normalized spacial score (nSPS) is 14.7. The molecule has 0 bridgehead atoms. The number of nitrogens with zero attached hydrogens (tertiary/aromatic N) is 2. The van der Waals surface area contributed by atoms with Crippen LogP contribution in [-0.4, -0.2) is 15.3 Å². The van der Waals surface area contributed by atoms with Crippen LogP contribution in [0.25, 0.3) is 0 Å². The molecule has 0 aliphatic carbocycles. The lowest BCUT2D eigenvalue weighted by atomic mass is 10.1. The number of hydrogen-bond acceptors (Lipinski definition) is 3. The number of fused-ring (bicyclic) bond motifs is 1. The number of carbonyl (C=O) groups excluding carboxylic acids is 1. The van der Waals surface area contributed by atoms with Crippen molar-refractivity contribution >= 4 is 11.6 Å². The molecule has 2 heterocycles. The number of aromatic nitrogens is 2. The second-order valence-corrected chi connectivity index (χ2v) is 5.06. The highest BCUT2D eigenvalue weighted by atomic mass is 19.1. The predicted molar refractivity (Wildman–Crippen MR) is 74.0 cm³/mol. The molecule has 1 aromatic heterocycles. The molecule has 0 atom stereocenters. The van der Waals surface area contributed by atoms with E-state index in [1.807, 2.05) is 4.57 Å². The second-order valence-electron chi connectivity index (χ2n) is 5.06. The monoisotopic (exact) mass is 273 g/mol. The molecule has 20 heavy (non-hydrogen) atoms. The van der Waals surface area contributed by atoms with Crippen LogP contribution in [0.1, 0.15) is 41.1 Å². The third kappa shape index (κ3) is 2.19. The molecule has 104 valence electrons. The van der Waals surface area contributed by atoms with Crippen molar-refractivity contribution in [1.82, 2.24) is 9.55 Å². The first-order valence-electron chi connectivity index (χ1n) is 6.82. The fourth-order valence-electron chi connectivity index (χ4n) is 2.66. The highest BCUT2D eigenvalue weighted by Gasteiger charge is 2.23. The van der Waals surface area contributed by atoms with Gasteiger partial charge in [0, 0.05) is 18.5 Å². The lowest BCUT2D eigenvalue weighted by Gasteiger charge is -2.08. The van der Waals surface area contributed by atoms with Gasteiger partial charge in [0.2, 0.25) is 5.78 Å². The highest BCUT2D eigenvalue weighted by Crippen LogP contribution is 2.23. The summed E-state index contributed by atoms with van der Waals surface area (Å²) >= 11 is 0. The predicted octanol–water partition coefficient (Wildman–Crippen LogP) is 2.56.